The van der Waals surface area contributed by atoms with Crippen LogP contribution in [0.5, 0.6) is 0 Å². The van der Waals surface area contributed by atoms with Gasteiger partial charge in [-0.1, -0.05) is 39.0 Å². The van der Waals surface area contributed by atoms with Crippen LogP contribution in [0, 0.1) is 5.92 Å². The zero-order valence-corrected chi connectivity index (χ0v) is 19.2. The summed E-state index contributed by atoms with van der Waals surface area (Å²) in [6.07, 6.45) is 2.24. The molecule has 1 aromatic carbocycles. The van der Waals surface area contributed by atoms with E-state index in [0.29, 0.717) is 12.8 Å². The summed E-state index contributed by atoms with van der Waals surface area (Å²) in [6, 6.07) is 9.03. The van der Waals surface area contributed by atoms with E-state index >= 15 is 0 Å². The van der Waals surface area contributed by atoms with E-state index in [2.05, 4.69) is 26.1 Å². The van der Waals surface area contributed by atoms with E-state index in [-0.39, 0.29) is 40.9 Å². The van der Waals surface area contributed by atoms with Crippen LogP contribution >= 0.6 is 0 Å². The molecule has 2 amide bonds. The van der Waals surface area contributed by atoms with Crippen LogP contribution in [0.3, 0.4) is 0 Å². The maximum Gasteiger partial charge on any atom is 0.265 e. The van der Waals surface area contributed by atoms with Crippen molar-refractivity contribution < 1.29 is 18.0 Å². The molecule has 8 nitrogen and oxygen atoms in total. The van der Waals surface area contributed by atoms with Crippen LogP contribution in [0.25, 0.3) is 0 Å². The molecule has 3 rings (SSSR count). The Morgan fingerprint density at radius 2 is 1.74 bits per heavy atom. The van der Waals surface area contributed by atoms with Crippen molar-refractivity contribution in [1.82, 2.24) is 8.87 Å². The highest BCUT2D eigenvalue weighted by Crippen LogP contribution is 2.31. The van der Waals surface area contributed by atoms with Gasteiger partial charge in [0.15, 0.2) is 0 Å². The van der Waals surface area contributed by atoms with Crippen molar-refractivity contribution in [3.8, 4) is 0 Å². The van der Waals surface area contributed by atoms with Gasteiger partial charge >= 0.3 is 0 Å². The van der Waals surface area contributed by atoms with Crippen LogP contribution in [0.15, 0.2) is 41.4 Å². The van der Waals surface area contributed by atoms with Crippen molar-refractivity contribution in [2.24, 2.45) is 18.7 Å². The Labute approximate surface area is 183 Å². The Bertz CT molecular complexity index is 1090. The first-order valence-corrected chi connectivity index (χ1v) is 11.7. The summed E-state index contributed by atoms with van der Waals surface area (Å²) < 4.78 is 28.7. The molecular weight excluding hydrogens is 416 g/mol. The number of anilines is 1. The molecule has 2 aromatic rings. The molecule has 1 aliphatic heterocycles. The number of primary amides is 1. The van der Waals surface area contributed by atoms with Crippen LogP contribution in [-0.2, 0) is 27.3 Å². The average Bonchev–Trinajstić information content (AvgIpc) is 3.10. The topological polar surface area (TPSA) is 114 Å². The lowest BCUT2D eigenvalue weighted by molar-refractivity contribution is -0.120. The number of nitrogens with one attached hydrogen (secondary N) is 1. The van der Waals surface area contributed by atoms with Gasteiger partial charge in [-0.15, -0.1) is 0 Å². The molecule has 3 N–H and O–H groups in total. The number of nitrogens with two attached hydrogens (primary N) is 1. The van der Waals surface area contributed by atoms with Gasteiger partial charge in [-0.2, -0.15) is 4.31 Å². The Kier molecular flexibility index (Phi) is 6.29. The minimum atomic E-state index is -3.76. The van der Waals surface area contributed by atoms with Gasteiger partial charge in [-0.3, -0.25) is 9.59 Å². The fourth-order valence-corrected chi connectivity index (χ4v) is 5.45. The number of piperidine rings is 1. The number of nitrogens with zero attached hydrogens (tertiary/aromatic N) is 2. The molecule has 0 aliphatic carbocycles. The van der Waals surface area contributed by atoms with Gasteiger partial charge in [-0.05, 0) is 36.0 Å². The van der Waals surface area contributed by atoms with Crippen molar-refractivity contribution in [3.05, 3.63) is 47.8 Å². The first kappa shape index (κ1) is 23.0. The molecule has 0 bridgehead atoms. The second-order valence-electron chi connectivity index (χ2n) is 9.00. The van der Waals surface area contributed by atoms with Gasteiger partial charge in [0.25, 0.3) is 5.91 Å². The third-order valence-electron chi connectivity index (χ3n) is 5.69. The van der Waals surface area contributed by atoms with Crippen molar-refractivity contribution >= 4 is 27.5 Å². The predicted octanol–water partition coefficient (Wildman–Crippen LogP) is 2.46. The standard InChI is InChI=1S/C22H30N4O4S/c1-22(2,3)17-7-5-6-8-18(17)24-21(28)15-9-11-26(12-10-15)31(29,30)16-13-19(20(23)27)25(4)14-16/h5-8,13-15H,9-12H2,1-4H3,(H2,23,27)(H,24,28). The number of hydrogen-bond donors (Lipinski definition) is 2. The molecule has 2 heterocycles. The third kappa shape index (κ3) is 4.83. The maximum atomic E-state index is 13.0. The zero-order valence-electron chi connectivity index (χ0n) is 18.4. The lowest BCUT2D eigenvalue weighted by Gasteiger charge is -2.31. The molecule has 31 heavy (non-hydrogen) atoms. The number of carbonyl (C=O) groups excluding carboxylic acids is 2. The Morgan fingerprint density at radius 1 is 1.13 bits per heavy atom. The van der Waals surface area contributed by atoms with Crippen LogP contribution < -0.4 is 11.1 Å². The van der Waals surface area contributed by atoms with Gasteiger partial charge in [0, 0.05) is 37.9 Å². The molecule has 0 atom stereocenters. The van der Waals surface area contributed by atoms with Gasteiger partial charge in [-0.25, -0.2) is 8.42 Å². The minimum absolute atomic E-state index is 0.0332. The number of benzene rings is 1. The van der Waals surface area contributed by atoms with Crippen molar-refractivity contribution in [2.45, 2.75) is 43.9 Å². The molecule has 1 aliphatic rings. The quantitative estimate of drug-likeness (QED) is 0.734. The van der Waals surface area contributed by atoms with E-state index < -0.39 is 15.9 Å². The highest BCUT2D eigenvalue weighted by Gasteiger charge is 2.33. The number of hydrogen-bond acceptors (Lipinski definition) is 4. The lowest BCUT2D eigenvalue weighted by Crippen LogP contribution is -2.41. The first-order chi connectivity index (χ1) is 14.4. The first-order valence-electron chi connectivity index (χ1n) is 10.3. The fourth-order valence-electron chi connectivity index (χ4n) is 3.91. The maximum absolute atomic E-state index is 13.0. The van der Waals surface area contributed by atoms with Gasteiger partial charge in [0.1, 0.15) is 10.6 Å². The summed E-state index contributed by atoms with van der Waals surface area (Å²) in [6.45, 7) is 6.75. The molecule has 1 aromatic heterocycles. The van der Waals surface area contributed by atoms with Crippen molar-refractivity contribution in [1.29, 1.82) is 0 Å². The van der Waals surface area contributed by atoms with E-state index in [9.17, 15) is 18.0 Å². The Hall–Kier alpha value is -2.65. The van der Waals surface area contributed by atoms with Gasteiger partial charge < -0.3 is 15.6 Å². The summed E-state index contributed by atoms with van der Waals surface area (Å²) in [4.78, 5) is 24.3. The fraction of sp³-hybridized carbons (Fsp3) is 0.455. The molecule has 0 unspecified atom stereocenters. The van der Waals surface area contributed by atoms with Crippen molar-refractivity contribution in [2.75, 3.05) is 18.4 Å². The second kappa shape index (κ2) is 8.47. The van der Waals surface area contributed by atoms with E-state index in [1.165, 1.54) is 21.1 Å². The molecular formula is C22H30N4O4S. The third-order valence-corrected chi connectivity index (χ3v) is 7.55. The van der Waals surface area contributed by atoms with Crippen LogP contribution in [0.4, 0.5) is 5.69 Å². The number of sulfonamides is 1. The summed E-state index contributed by atoms with van der Waals surface area (Å²) >= 11 is 0. The van der Waals surface area contributed by atoms with E-state index in [0.717, 1.165) is 11.3 Å². The number of aryl methyl sites for hydroxylation is 1. The highest BCUT2D eigenvalue weighted by atomic mass is 32.2. The lowest BCUT2D eigenvalue weighted by atomic mass is 9.85. The number of amides is 2. The second-order valence-corrected chi connectivity index (χ2v) is 10.9. The largest absolute Gasteiger partial charge is 0.364 e. The Morgan fingerprint density at radius 3 is 2.29 bits per heavy atom. The summed E-state index contributed by atoms with van der Waals surface area (Å²) in [5.41, 5.74) is 7.15. The monoisotopic (exact) mass is 446 g/mol. The summed E-state index contributed by atoms with van der Waals surface area (Å²) in [5.74, 6) is -1.05. The van der Waals surface area contributed by atoms with Crippen LogP contribution in [-0.4, -0.2) is 42.2 Å². The number of para-hydroxylation sites is 1. The number of carbonyl (C=O) groups is 2. The summed E-state index contributed by atoms with van der Waals surface area (Å²) in [7, 11) is -2.18. The minimum Gasteiger partial charge on any atom is -0.364 e. The molecule has 1 fully saturated rings. The van der Waals surface area contributed by atoms with E-state index in [1.807, 2.05) is 24.3 Å². The SMILES string of the molecule is Cn1cc(S(=O)(=O)N2CCC(C(=O)Nc3ccccc3C(C)(C)C)CC2)cc1C(N)=O. The smallest absolute Gasteiger partial charge is 0.265 e. The molecule has 9 heteroatoms. The normalized spacial score (nSPS) is 16.3. The Balaban J connectivity index is 1.68. The molecule has 168 valence electrons. The van der Waals surface area contributed by atoms with Crippen molar-refractivity contribution in [3.63, 3.8) is 0 Å². The summed E-state index contributed by atoms with van der Waals surface area (Å²) in [5, 5.41) is 3.03. The van der Waals surface area contributed by atoms with Crippen LogP contribution in [0.2, 0.25) is 0 Å². The number of aromatic nitrogens is 1. The molecule has 0 spiro atoms. The van der Waals surface area contributed by atoms with Crippen LogP contribution in [0.1, 0.15) is 49.7 Å². The van der Waals surface area contributed by atoms with Gasteiger partial charge in [0.05, 0.1) is 0 Å². The average molecular weight is 447 g/mol. The molecule has 0 radical (unpaired) electrons. The van der Waals surface area contributed by atoms with Gasteiger partial charge in [0.2, 0.25) is 15.9 Å². The molecule has 1 saturated heterocycles. The molecule has 0 saturated carbocycles. The van der Waals surface area contributed by atoms with E-state index in [4.69, 9.17) is 5.73 Å². The highest BCUT2D eigenvalue weighted by molar-refractivity contribution is 7.89. The predicted molar refractivity (Wildman–Crippen MR) is 119 cm³/mol. The number of rotatable bonds is 5. The zero-order chi connectivity index (χ0) is 23.0. The van der Waals surface area contributed by atoms with E-state index in [1.54, 1.807) is 7.05 Å².